The van der Waals surface area contributed by atoms with Crippen molar-refractivity contribution in [2.24, 2.45) is 0 Å². The fraction of sp³-hybridized carbons (Fsp3) is 0.550. The van der Waals surface area contributed by atoms with E-state index in [2.05, 4.69) is 33.8 Å². The van der Waals surface area contributed by atoms with Crippen LogP contribution in [0.3, 0.4) is 0 Å². The Morgan fingerprint density at radius 2 is 1.96 bits per heavy atom. The predicted octanol–water partition coefficient (Wildman–Crippen LogP) is 3.20. The lowest BCUT2D eigenvalue weighted by atomic mass is 10.2. The third-order valence-corrected chi connectivity index (χ3v) is 5.38. The van der Waals surface area contributed by atoms with Gasteiger partial charge < -0.3 is 9.15 Å². The molecule has 2 aliphatic heterocycles. The summed E-state index contributed by atoms with van der Waals surface area (Å²) in [6.07, 6.45) is 4.73. The quantitative estimate of drug-likeness (QED) is 0.835. The van der Waals surface area contributed by atoms with Crippen LogP contribution in [0, 0.1) is 0 Å². The Kier molecular flexibility index (Phi) is 5.15. The van der Waals surface area contributed by atoms with Crippen LogP contribution in [-0.2, 0) is 4.74 Å². The summed E-state index contributed by atoms with van der Waals surface area (Å²) in [7, 11) is 0. The fourth-order valence-corrected chi connectivity index (χ4v) is 3.78. The van der Waals surface area contributed by atoms with Crippen LogP contribution in [0.5, 0.6) is 0 Å². The molecule has 134 valence electrons. The van der Waals surface area contributed by atoms with Crippen molar-refractivity contribution in [1.82, 2.24) is 14.8 Å². The topological polar surface area (TPSA) is 41.7 Å². The van der Waals surface area contributed by atoms with Gasteiger partial charge >= 0.3 is 0 Å². The zero-order valence-corrected chi connectivity index (χ0v) is 14.9. The Balaban J connectivity index is 1.33. The van der Waals surface area contributed by atoms with Gasteiger partial charge in [0.15, 0.2) is 5.76 Å². The molecule has 3 heterocycles. The average molecular weight is 341 g/mol. The first-order valence-electron chi connectivity index (χ1n) is 9.39. The van der Waals surface area contributed by atoms with Crippen LogP contribution < -0.4 is 0 Å². The number of ether oxygens (including phenoxy) is 1. The molecule has 0 unspecified atom stereocenters. The van der Waals surface area contributed by atoms with Crippen molar-refractivity contribution in [3.8, 4) is 11.3 Å². The summed E-state index contributed by atoms with van der Waals surface area (Å²) in [6, 6.07) is 10.4. The van der Waals surface area contributed by atoms with Gasteiger partial charge in [0.2, 0.25) is 5.89 Å². The maximum Gasteiger partial charge on any atom is 0.211 e. The van der Waals surface area contributed by atoms with Crippen molar-refractivity contribution < 1.29 is 9.15 Å². The summed E-state index contributed by atoms with van der Waals surface area (Å²) in [4.78, 5) is 9.52. The van der Waals surface area contributed by atoms with Gasteiger partial charge in [-0.25, -0.2) is 4.98 Å². The van der Waals surface area contributed by atoms with Gasteiger partial charge in [-0.2, -0.15) is 0 Å². The molecular weight excluding hydrogens is 314 g/mol. The second-order valence-electron chi connectivity index (χ2n) is 7.08. The number of piperazine rings is 1. The van der Waals surface area contributed by atoms with Crippen molar-refractivity contribution in [1.29, 1.82) is 0 Å². The summed E-state index contributed by atoms with van der Waals surface area (Å²) in [6.45, 7) is 8.51. The normalized spacial score (nSPS) is 23.8. The SMILES string of the molecule is C[C@H](c1ncc(-c2ccccc2)o1)N1CCN(C[C@@H]2CCCO2)CC1. The van der Waals surface area contributed by atoms with Gasteiger partial charge in [0.05, 0.1) is 18.3 Å². The van der Waals surface area contributed by atoms with Gasteiger partial charge in [-0.1, -0.05) is 30.3 Å². The van der Waals surface area contributed by atoms with E-state index in [9.17, 15) is 0 Å². The zero-order chi connectivity index (χ0) is 17.1. The zero-order valence-electron chi connectivity index (χ0n) is 14.9. The highest BCUT2D eigenvalue weighted by Crippen LogP contribution is 2.26. The molecule has 0 bridgehead atoms. The van der Waals surface area contributed by atoms with Crippen molar-refractivity contribution in [3.63, 3.8) is 0 Å². The lowest BCUT2D eigenvalue weighted by Gasteiger charge is -2.37. The van der Waals surface area contributed by atoms with Gasteiger partial charge in [-0.3, -0.25) is 9.80 Å². The van der Waals surface area contributed by atoms with E-state index in [1.807, 2.05) is 24.4 Å². The molecule has 25 heavy (non-hydrogen) atoms. The van der Waals surface area contributed by atoms with Crippen molar-refractivity contribution >= 4 is 0 Å². The second-order valence-corrected chi connectivity index (χ2v) is 7.08. The van der Waals surface area contributed by atoms with Crippen molar-refractivity contribution in [2.45, 2.75) is 31.9 Å². The molecule has 0 aliphatic carbocycles. The third kappa shape index (κ3) is 3.94. The van der Waals surface area contributed by atoms with Crippen molar-refractivity contribution in [3.05, 3.63) is 42.4 Å². The molecule has 4 rings (SSSR count). The summed E-state index contributed by atoms with van der Waals surface area (Å²) < 4.78 is 11.8. The smallest absolute Gasteiger partial charge is 0.211 e. The van der Waals surface area contributed by atoms with E-state index in [-0.39, 0.29) is 6.04 Å². The Hall–Kier alpha value is -1.69. The van der Waals surface area contributed by atoms with Crippen LogP contribution in [0.1, 0.15) is 31.7 Å². The van der Waals surface area contributed by atoms with Crippen LogP contribution in [0.25, 0.3) is 11.3 Å². The molecule has 1 aromatic carbocycles. The highest BCUT2D eigenvalue weighted by atomic mass is 16.5. The Morgan fingerprint density at radius 3 is 2.68 bits per heavy atom. The minimum atomic E-state index is 0.211. The minimum Gasteiger partial charge on any atom is -0.439 e. The van der Waals surface area contributed by atoms with E-state index < -0.39 is 0 Å². The summed E-state index contributed by atoms with van der Waals surface area (Å²) in [5.74, 6) is 1.66. The van der Waals surface area contributed by atoms with E-state index in [0.717, 1.165) is 56.5 Å². The molecule has 2 aliphatic rings. The van der Waals surface area contributed by atoms with Gasteiger partial charge in [0.1, 0.15) is 0 Å². The Bertz CT molecular complexity index is 659. The largest absolute Gasteiger partial charge is 0.439 e. The van der Waals surface area contributed by atoms with Crippen LogP contribution in [0.2, 0.25) is 0 Å². The molecule has 0 saturated carbocycles. The maximum atomic E-state index is 6.03. The summed E-state index contributed by atoms with van der Waals surface area (Å²) in [5.41, 5.74) is 1.08. The molecule has 2 fully saturated rings. The van der Waals surface area contributed by atoms with E-state index in [1.54, 1.807) is 0 Å². The molecule has 1 aromatic heterocycles. The lowest BCUT2D eigenvalue weighted by molar-refractivity contribution is 0.0388. The first-order valence-corrected chi connectivity index (χ1v) is 9.39. The maximum absolute atomic E-state index is 6.03. The summed E-state index contributed by atoms with van der Waals surface area (Å²) >= 11 is 0. The molecule has 0 amide bonds. The number of nitrogens with zero attached hydrogens (tertiary/aromatic N) is 3. The number of hydrogen-bond acceptors (Lipinski definition) is 5. The van der Waals surface area contributed by atoms with E-state index in [4.69, 9.17) is 9.15 Å². The van der Waals surface area contributed by atoms with Crippen LogP contribution >= 0.6 is 0 Å². The number of oxazole rings is 1. The van der Waals surface area contributed by atoms with Gasteiger partial charge in [0.25, 0.3) is 0 Å². The second kappa shape index (κ2) is 7.68. The Labute approximate surface area is 149 Å². The number of rotatable bonds is 5. The molecular formula is C20H27N3O2. The van der Waals surface area contributed by atoms with E-state index in [1.165, 1.54) is 12.8 Å². The lowest BCUT2D eigenvalue weighted by Crippen LogP contribution is -2.49. The van der Waals surface area contributed by atoms with Crippen molar-refractivity contribution in [2.75, 3.05) is 39.3 Å². The number of hydrogen-bond donors (Lipinski definition) is 0. The highest BCUT2D eigenvalue weighted by Gasteiger charge is 2.27. The molecule has 2 atom stereocenters. The molecule has 5 heteroatoms. The standard InChI is InChI=1S/C20H27N3O2/c1-16(20-21-14-19(25-20)17-6-3-2-4-7-17)23-11-9-22(10-12-23)15-18-8-5-13-24-18/h2-4,6-7,14,16,18H,5,8-13,15H2,1H3/t16-,18+/m1/s1. The molecule has 0 radical (unpaired) electrons. The molecule has 0 N–H and O–H groups in total. The third-order valence-electron chi connectivity index (χ3n) is 5.38. The van der Waals surface area contributed by atoms with Gasteiger partial charge in [0, 0.05) is 44.9 Å². The molecule has 5 nitrogen and oxygen atoms in total. The van der Waals surface area contributed by atoms with E-state index >= 15 is 0 Å². The van der Waals surface area contributed by atoms with E-state index in [0.29, 0.717) is 6.10 Å². The Morgan fingerprint density at radius 1 is 1.16 bits per heavy atom. The average Bonchev–Trinajstić information content (AvgIpc) is 3.34. The number of benzene rings is 1. The molecule has 0 spiro atoms. The first-order chi connectivity index (χ1) is 12.3. The van der Waals surface area contributed by atoms with Crippen LogP contribution in [0.15, 0.2) is 40.9 Å². The highest BCUT2D eigenvalue weighted by molar-refractivity contribution is 5.55. The summed E-state index contributed by atoms with van der Waals surface area (Å²) in [5, 5.41) is 0. The van der Waals surface area contributed by atoms with Gasteiger partial charge in [-0.15, -0.1) is 0 Å². The minimum absolute atomic E-state index is 0.211. The predicted molar refractivity (Wildman–Crippen MR) is 97.3 cm³/mol. The number of aromatic nitrogens is 1. The fourth-order valence-electron chi connectivity index (χ4n) is 3.78. The molecule has 2 saturated heterocycles. The van der Waals surface area contributed by atoms with Crippen LogP contribution in [-0.4, -0.2) is 60.2 Å². The van der Waals surface area contributed by atoms with Gasteiger partial charge in [-0.05, 0) is 19.8 Å². The first kappa shape index (κ1) is 16.8. The monoisotopic (exact) mass is 341 g/mol. The van der Waals surface area contributed by atoms with Crippen LogP contribution in [0.4, 0.5) is 0 Å². The molecule has 2 aromatic rings.